The number of rotatable bonds is 4. The first-order chi connectivity index (χ1) is 12.2. The maximum Gasteiger partial charge on any atom is 0.251 e. The highest BCUT2D eigenvalue weighted by atomic mass is 32.1. The lowest BCUT2D eigenvalue weighted by Crippen LogP contribution is -2.36. The number of benzene rings is 1. The largest absolute Gasteiger partial charge is 0.319 e. The van der Waals surface area contributed by atoms with E-state index >= 15 is 0 Å². The normalized spacial score (nSPS) is 16.7. The second kappa shape index (κ2) is 8.24. The number of amides is 1. The van der Waals surface area contributed by atoms with Crippen LogP contribution in [0.4, 0.5) is 4.39 Å². The van der Waals surface area contributed by atoms with Crippen LogP contribution in [0.3, 0.4) is 0 Å². The maximum atomic E-state index is 13.8. The number of carbonyl (C=O) groups is 1. The topological polar surface area (TPSA) is 37.6 Å². The Bertz CT molecular complexity index is 841. The molecule has 4 nitrogen and oxygen atoms in total. The zero-order valence-electron chi connectivity index (χ0n) is 13.9. The second-order valence-electron chi connectivity index (χ2n) is 6.11. The van der Waals surface area contributed by atoms with E-state index in [-0.39, 0.29) is 17.6 Å². The third-order valence-corrected chi connectivity index (χ3v) is 5.21. The number of halogens is 1. The molecule has 2 heterocycles. The van der Waals surface area contributed by atoms with Crippen LogP contribution in [0.15, 0.2) is 40.8 Å². The highest BCUT2D eigenvalue weighted by molar-refractivity contribution is 7.07. The first kappa shape index (κ1) is 17.6. The van der Waals surface area contributed by atoms with Gasteiger partial charge in [0, 0.05) is 23.1 Å². The van der Waals surface area contributed by atoms with E-state index in [0.29, 0.717) is 23.5 Å². The lowest BCUT2D eigenvalue weighted by molar-refractivity contribution is -0.123. The molecule has 6 heteroatoms. The summed E-state index contributed by atoms with van der Waals surface area (Å²) < 4.78 is 15.7. The van der Waals surface area contributed by atoms with Crippen LogP contribution >= 0.6 is 11.3 Å². The molecule has 1 saturated heterocycles. The fourth-order valence-electron chi connectivity index (χ4n) is 2.97. The summed E-state index contributed by atoms with van der Waals surface area (Å²) in [6.45, 7) is 2.65. The predicted molar refractivity (Wildman–Crippen MR) is 96.4 cm³/mol. The van der Waals surface area contributed by atoms with Gasteiger partial charge in [0.2, 0.25) is 0 Å². The van der Waals surface area contributed by atoms with Crippen LogP contribution in [0.1, 0.15) is 18.4 Å². The summed E-state index contributed by atoms with van der Waals surface area (Å²) in [5.41, 5.74) is 0.581. The van der Waals surface area contributed by atoms with Gasteiger partial charge in [-0.2, -0.15) is 4.99 Å². The Kier molecular flexibility index (Phi) is 5.79. The van der Waals surface area contributed by atoms with Crippen molar-refractivity contribution < 1.29 is 9.18 Å². The standard InChI is InChI=1S/C19H20FN3OS/c1-2-9-22-10-7-15(8-11-22)18(24)21-19-23(12-13-25-19)14-16-5-3-4-6-17(16)20/h1,3-6,12-13,15H,7-11,14H2. The average Bonchev–Trinajstić information content (AvgIpc) is 3.04. The summed E-state index contributed by atoms with van der Waals surface area (Å²) in [7, 11) is 0. The maximum absolute atomic E-state index is 13.8. The number of aromatic nitrogens is 1. The van der Waals surface area contributed by atoms with Gasteiger partial charge >= 0.3 is 0 Å². The highest BCUT2D eigenvalue weighted by Gasteiger charge is 2.24. The number of piperidine rings is 1. The molecule has 1 fully saturated rings. The van der Waals surface area contributed by atoms with Crippen LogP contribution in [0.5, 0.6) is 0 Å². The van der Waals surface area contributed by atoms with Crippen molar-refractivity contribution in [3.63, 3.8) is 0 Å². The van der Waals surface area contributed by atoms with Crippen LogP contribution in [-0.2, 0) is 11.3 Å². The Morgan fingerprint density at radius 2 is 2.12 bits per heavy atom. The second-order valence-corrected chi connectivity index (χ2v) is 6.98. The van der Waals surface area contributed by atoms with E-state index in [9.17, 15) is 9.18 Å². The Hall–Kier alpha value is -2.23. The van der Waals surface area contributed by atoms with Crippen molar-refractivity contribution in [2.75, 3.05) is 19.6 Å². The molecule has 0 radical (unpaired) electrons. The van der Waals surface area contributed by atoms with E-state index in [4.69, 9.17) is 6.42 Å². The summed E-state index contributed by atoms with van der Waals surface area (Å²) in [5.74, 6) is 2.24. The number of hydrogen-bond donors (Lipinski definition) is 0. The summed E-state index contributed by atoms with van der Waals surface area (Å²) in [4.78, 5) is 19.6. The number of terminal acetylenes is 1. The van der Waals surface area contributed by atoms with E-state index in [0.717, 1.165) is 25.9 Å². The SMILES string of the molecule is C#CCN1CCC(C(=O)N=c2sccn2Cc2ccccc2F)CC1. The quantitative estimate of drug-likeness (QED) is 0.789. The number of nitrogens with zero attached hydrogens (tertiary/aromatic N) is 3. The molecule has 1 aliphatic rings. The monoisotopic (exact) mass is 357 g/mol. The molecule has 130 valence electrons. The third-order valence-electron chi connectivity index (χ3n) is 4.42. The van der Waals surface area contributed by atoms with Gasteiger partial charge in [0.05, 0.1) is 13.1 Å². The van der Waals surface area contributed by atoms with Gasteiger partial charge in [-0.3, -0.25) is 9.69 Å². The zero-order chi connectivity index (χ0) is 17.6. The van der Waals surface area contributed by atoms with Gasteiger partial charge < -0.3 is 4.57 Å². The van der Waals surface area contributed by atoms with E-state index in [1.165, 1.54) is 17.4 Å². The minimum atomic E-state index is -0.251. The molecule has 1 aromatic carbocycles. The van der Waals surface area contributed by atoms with E-state index < -0.39 is 0 Å². The molecule has 25 heavy (non-hydrogen) atoms. The van der Waals surface area contributed by atoms with Crippen molar-refractivity contribution in [2.24, 2.45) is 10.9 Å². The summed E-state index contributed by atoms with van der Waals surface area (Å²) >= 11 is 1.39. The smallest absolute Gasteiger partial charge is 0.251 e. The van der Waals surface area contributed by atoms with Gasteiger partial charge in [-0.25, -0.2) is 4.39 Å². The van der Waals surface area contributed by atoms with Gasteiger partial charge in [0.1, 0.15) is 5.82 Å². The fraction of sp³-hybridized carbons (Fsp3) is 0.368. The molecule has 0 bridgehead atoms. The van der Waals surface area contributed by atoms with Crippen molar-refractivity contribution >= 4 is 17.2 Å². The summed E-state index contributed by atoms with van der Waals surface area (Å²) in [6, 6.07) is 6.65. The van der Waals surface area contributed by atoms with Crippen LogP contribution < -0.4 is 4.80 Å². The van der Waals surface area contributed by atoms with Crippen LogP contribution in [0.25, 0.3) is 0 Å². The molecule has 1 aliphatic heterocycles. The molecule has 2 aromatic rings. The predicted octanol–water partition coefficient (Wildman–Crippen LogP) is 2.51. The van der Waals surface area contributed by atoms with Crippen molar-refractivity contribution in [1.82, 2.24) is 9.47 Å². The van der Waals surface area contributed by atoms with Crippen LogP contribution in [0, 0.1) is 24.1 Å². The molecule has 0 N–H and O–H groups in total. The van der Waals surface area contributed by atoms with Crippen molar-refractivity contribution in [3.05, 3.63) is 52.0 Å². The molecule has 0 saturated carbocycles. The van der Waals surface area contributed by atoms with Crippen molar-refractivity contribution in [1.29, 1.82) is 0 Å². The van der Waals surface area contributed by atoms with Gasteiger partial charge in [-0.15, -0.1) is 17.8 Å². The number of carbonyl (C=O) groups excluding carboxylic acids is 1. The lowest BCUT2D eigenvalue weighted by atomic mass is 9.96. The molecule has 0 aliphatic carbocycles. The molecule has 0 unspecified atom stereocenters. The molecule has 0 atom stereocenters. The Morgan fingerprint density at radius 3 is 2.84 bits per heavy atom. The Balaban J connectivity index is 1.70. The third kappa shape index (κ3) is 4.44. The number of thiazole rings is 1. The Morgan fingerprint density at radius 1 is 1.36 bits per heavy atom. The first-order valence-electron chi connectivity index (χ1n) is 8.29. The van der Waals surface area contributed by atoms with Crippen LogP contribution in [-0.4, -0.2) is 35.0 Å². The van der Waals surface area contributed by atoms with Gasteiger partial charge in [-0.05, 0) is 32.0 Å². The fourth-order valence-corrected chi connectivity index (χ4v) is 3.70. The van der Waals surface area contributed by atoms with Crippen molar-refractivity contribution in [3.8, 4) is 12.3 Å². The Labute approximate surface area is 150 Å². The summed E-state index contributed by atoms with van der Waals surface area (Å²) in [6.07, 6.45) is 8.72. The van der Waals surface area contributed by atoms with E-state index in [1.807, 2.05) is 16.1 Å². The van der Waals surface area contributed by atoms with E-state index in [1.54, 1.807) is 18.2 Å². The minimum Gasteiger partial charge on any atom is -0.319 e. The molecular weight excluding hydrogens is 337 g/mol. The minimum absolute atomic E-state index is 0.0574. The molecular formula is C19H20FN3OS. The van der Waals surface area contributed by atoms with Gasteiger partial charge in [0.25, 0.3) is 5.91 Å². The highest BCUT2D eigenvalue weighted by Crippen LogP contribution is 2.18. The number of likely N-dealkylation sites (tertiary alicyclic amines) is 1. The molecule has 1 amide bonds. The first-order valence-corrected chi connectivity index (χ1v) is 9.17. The average molecular weight is 357 g/mol. The van der Waals surface area contributed by atoms with E-state index in [2.05, 4.69) is 15.8 Å². The molecule has 1 aromatic heterocycles. The van der Waals surface area contributed by atoms with Crippen molar-refractivity contribution in [2.45, 2.75) is 19.4 Å². The number of hydrogen-bond acceptors (Lipinski definition) is 3. The lowest BCUT2D eigenvalue weighted by Gasteiger charge is -2.28. The van der Waals surface area contributed by atoms with Gasteiger partial charge in [-0.1, -0.05) is 24.1 Å². The van der Waals surface area contributed by atoms with Gasteiger partial charge in [0.15, 0.2) is 4.80 Å². The summed E-state index contributed by atoms with van der Waals surface area (Å²) in [5, 5.41) is 1.86. The molecule has 0 spiro atoms. The molecule has 3 rings (SSSR count). The zero-order valence-corrected chi connectivity index (χ0v) is 14.7. The van der Waals surface area contributed by atoms with Crippen LogP contribution in [0.2, 0.25) is 0 Å².